The van der Waals surface area contributed by atoms with Crippen molar-refractivity contribution in [1.29, 1.82) is 0 Å². The van der Waals surface area contributed by atoms with Gasteiger partial charge in [0.1, 0.15) is 17.9 Å². The summed E-state index contributed by atoms with van der Waals surface area (Å²) < 4.78 is 11.2. The van der Waals surface area contributed by atoms with Crippen LogP contribution in [0.5, 0.6) is 5.75 Å². The maximum atomic E-state index is 12.4. The van der Waals surface area contributed by atoms with Crippen molar-refractivity contribution >= 4 is 29.1 Å². The second-order valence-electron chi connectivity index (χ2n) is 5.47. The van der Waals surface area contributed by atoms with Crippen LogP contribution in [0, 0.1) is 0 Å². The Hall–Kier alpha value is -1.01. The summed E-state index contributed by atoms with van der Waals surface area (Å²) in [6.45, 7) is 3.09. The zero-order chi connectivity index (χ0) is 15.5. The topological polar surface area (TPSA) is 50.8 Å². The number of nitrogens with zero attached hydrogens (tertiary/aromatic N) is 1. The molecule has 1 amide bonds. The Kier molecular flexibility index (Phi) is 5.08. The highest BCUT2D eigenvalue weighted by atomic mass is 35.5. The summed E-state index contributed by atoms with van der Waals surface area (Å²) in [5, 5.41) is 4.15. The molecule has 1 aromatic carbocycles. The summed E-state index contributed by atoms with van der Waals surface area (Å²) >= 11 is 11.9. The summed E-state index contributed by atoms with van der Waals surface area (Å²) in [5.41, 5.74) is 0. The predicted molar refractivity (Wildman–Crippen MR) is 84.7 cm³/mol. The second kappa shape index (κ2) is 7.04. The van der Waals surface area contributed by atoms with E-state index in [-0.39, 0.29) is 18.1 Å². The molecule has 2 saturated heterocycles. The largest absolute Gasteiger partial charge is 0.488 e. The van der Waals surface area contributed by atoms with Gasteiger partial charge in [0.05, 0.1) is 29.8 Å². The van der Waals surface area contributed by atoms with Crippen molar-refractivity contribution in [2.24, 2.45) is 0 Å². The molecule has 7 heteroatoms. The van der Waals surface area contributed by atoms with Crippen molar-refractivity contribution in [3.05, 3.63) is 28.2 Å². The van der Waals surface area contributed by atoms with Gasteiger partial charge in [0.15, 0.2) is 0 Å². The average Bonchev–Trinajstić information content (AvgIpc) is 2.99. The monoisotopic (exact) mass is 344 g/mol. The lowest BCUT2D eigenvalue weighted by atomic mass is 10.2. The van der Waals surface area contributed by atoms with Gasteiger partial charge in [-0.25, -0.2) is 0 Å². The minimum atomic E-state index is -0.238. The summed E-state index contributed by atoms with van der Waals surface area (Å²) in [4.78, 5) is 14.2. The van der Waals surface area contributed by atoms with E-state index in [1.807, 2.05) is 4.90 Å². The van der Waals surface area contributed by atoms with Crippen LogP contribution in [0.2, 0.25) is 10.0 Å². The number of morpholine rings is 1. The smallest absolute Gasteiger partial charge is 0.242 e. The number of carbonyl (C=O) groups is 1. The molecule has 2 heterocycles. The Morgan fingerprint density at radius 1 is 1.36 bits per heavy atom. The minimum absolute atomic E-state index is 0.0225. The highest BCUT2D eigenvalue weighted by Crippen LogP contribution is 2.28. The molecule has 0 unspecified atom stereocenters. The Balaban J connectivity index is 1.55. The van der Waals surface area contributed by atoms with E-state index in [4.69, 9.17) is 32.7 Å². The number of hydrogen-bond donors (Lipinski definition) is 1. The van der Waals surface area contributed by atoms with Gasteiger partial charge >= 0.3 is 0 Å². The Labute approximate surface area is 139 Å². The van der Waals surface area contributed by atoms with Crippen LogP contribution in [0.3, 0.4) is 0 Å². The number of hydrogen-bond acceptors (Lipinski definition) is 4. The zero-order valence-corrected chi connectivity index (χ0v) is 13.6. The first-order chi connectivity index (χ1) is 10.6. The Bertz CT molecular complexity index is 550. The van der Waals surface area contributed by atoms with Gasteiger partial charge in [0, 0.05) is 25.6 Å². The van der Waals surface area contributed by atoms with Gasteiger partial charge in [-0.15, -0.1) is 0 Å². The standard InChI is InChI=1S/C15H18Cl2N2O3/c16-12-2-1-10(7-13(12)17)22-11-3-5-19(8-11)15(20)14-9-21-6-4-18-14/h1-2,7,11,14,18H,3-6,8-9H2/t11-,14+/m1/s1. The highest BCUT2D eigenvalue weighted by molar-refractivity contribution is 6.42. The van der Waals surface area contributed by atoms with Crippen LogP contribution in [-0.4, -0.2) is 55.8 Å². The number of nitrogens with one attached hydrogen (secondary N) is 1. The third kappa shape index (κ3) is 3.66. The molecule has 0 radical (unpaired) electrons. The van der Waals surface area contributed by atoms with Crippen molar-refractivity contribution < 1.29 is 14.3 Å². The summed E-state index contributed by atoms with van der Waals surface area (Å²) in [6, 6.07) is 4.96. The lowest BCUT2D eigenvalue weighted by Gasteiger charge is -2.27. The van der Waals surface area contributed by atoms with E-state index in [0.29, 0.717) is 48.6 Å². The zero-order valence-electron chi connectivity index (χ0n) is 12.1. The summed E-state index contributed by atoms with van der Waals surface area (Å²) in [7, 11) is 0. The molecular weight excluding hydrogens is 327 g/mol. The molecule has 0 spiro atoms. The highest BCUT2D eigenvalue weighted by Gasteiger charge is 2.32. The van der Waals surface area contributed by atoms with Crippen molar-refractivity contribution in [3.8, 4) is 5.75 Å². The van der Waals surface area contributed by atoms with Crippen LogP contribution in [0.15, 0.2) is 18.2 Å². The van der Waals surface area contributed by atoms with E-state index in [1.165, 1.54) is 0 Å². The number of halogens is 2. The molecule has 5 nitrogen and oxygen atoms in total. The van der Waals surface area contributed by atoms with Crippen molar-refractivity contribution in [3.63, 3.8) is 0 Å². The number of amides is 1. The fourth-order valence-corrected chi connectivity index (χ4v) is 3.00. The summed E-state index contributed by atoms with van der Waals surface area (Å²) in [5.74, 6) is 0.757. The van der Waals surface area contributed by atoms with Gasteiger partial charge in [-0.2, -0.15) is 0 Å². The number of likely N-dealkylation sites (tertiary alicyclic amines) is 1. The van der Waals surface area contributed by atoms with E-state index in [2.05, 4.69) is 5.32 Å². The van der Waals surface area contributed by atoms with E-state index in [9.17, 15) is 4.79 Å². The van der Waals surface area contributed by atoms with Crippen LogP contribution in [0.4, 0.5) is 0 Å². The first-order valence-corrected chi connectivity index (χ1v) is 8.10. The van der Waals surface area contributed by atoms with Crippen LogP contribution in [0.1, 0.15) is 6.42 Å². The second-order valence-corrected chi connectivity index (χ2v) is 6.28. The Morgan fingerprint density at radius 3 is 2.95 bits per heavy atom. The molecule has 3 rings (SSSR count). The van der Waals surface area contributed by atoms with E-state index >= 15 is 0 Å². The number of rotatable bonds is 3. The minimum Gasteiger partial charge on any atom is -0.488 e. The Morgan fingerprint density at radius 2 is 2.23 bits per heavy atom. The quantitative estimate of drug-likeness (QED) is 0.910. The fraction of sp³-hybridized carbons (Fsp3) is 0.533. The van der Waals surface area contributed by atoms with E-state index in [0.717, 1.165) is 6.42 Å². The van der Waals surface area contributed by atoms with Crippen molar-refractivity contribution in [2.45, 2.75) is 18.6 Å². The van der Waals surface area contributed by atoms with Gasteiger partial charge < -0.3 is 19.7 Å². The third-order valence-electron chi connectivity index (χ3n) is 3.87. The molecule has 0 saturated carbocycles. The molecule has 2 aliphatic rings. The maximum Gasteiger partial charge on any atom is 0.242 e. The molecule has 120 valence electrons. The molecule has 0 bridgehead atoms. The molecule has 2 fully saturated rings. The predicted octanol–water partition coefficient (Wildman–Crippen LogP) is 1.96. The molecular formula is C15H18Cl2N2O3. The molecule has 0 aromatic heterocycles. The lowest BCUT2D eigenvalue weighted by Crippen LogP contribution is -2.52. The summed E-state index contributed by atoms with van der Waals surface area (Å²) in [6.07, 6.45) is 0.783. The average molecular weight is 345 g/mol. The normalized spacial score (nSPS) is 25.3. The van der Waals surface area contributed by atoms with Crippen LogP contribution >= 0.6 is 23.2 Å². The maximum absolute atomic E-state index is 12.4. The van der Waals surface area contributed by atoms with Gasteiger partial charge in [0.2, 0.25) is 5.91 Å². The van der Waals surface area contributed by atoms with Crippen LogP contribution in [-0.2, 0) is 9.53 Å². The molecule has 22 heavy (non-hydrogen) atoms. The molecule has 0 aliphatic carbocycles. The number of carbonyl (C=O) groups excluding carboxylic acids is 1. The van der Waals surface area contributed by atoms with Gasteiger partial charge in [-0.3, -0.25) is 4.79 Å². The SMILES string of the molecule is O=C([C@@H]1COCCN1)N1CC[C@@H](Oc2ccc(Cl)c(Cl)c2)C1. The van der Waals surface area contributed by atoms with Gasteiger partial charge in [0.25, 0.3) is 0 Å². The van der Waals surface area contributed by atoms with Gasteiger partial charge in [-0.1, -0.05) is 23.2 Å². The van der Waals surface area contributed by atoms with Crippen molar-refractivity contribution in [2.75, 3.05) is 32.8 Å². The fourth-order valence-electron chi connectivity index (χ4n) is 2.71. The molecule has 1 aromatic rings. The first kappa shape index (κ1) is 15.9. The number of benzene rings is 1. The van der Waals surface area contributed by atoms with E-state index < -0.39 is 0 Å². The van der Waals surface area contributed by atoms with Gasteiger partial charge in [-0.05, 0) is 12.1 Å². The molecule has 2 atom stereocenters. The third-order valence-corrected chi connectivity index (χ3v) is 4.61. The van der Waals surface area contributed by atoms with E-state index in [1.54, 1.807) is 18.2 Å². The van der Waals surface area contributed by atoms with Crippen LogP contribution < -0.4 is 10.1 Å². The molecule has 1 N–H and O–H groups in total. The first-order valence-electron chi connectivity index (χ1n) is 7.35. The lowest BCUT2D eigenvalue weighted by molar-refractivity contribution is -0.135. The molecule has 2 aliphatic heterocycles. The number of ether oxygens (including phenoxy) is 2. The van der Waals surface area contributed by atoms with Crippen molar-refractivity contribution in [1.82, 2.24) is 10.2 Å². The van der Waals surface area contributed by atoms with Crippen LogP contribution in [0.25, 0.3) is 0 Å².